The zero-order valence-corrected chi connectivity index (χ0v) is 7.08. The van der Waals surface area contributed by atoms with Gasteiger partial charge in [-0.1, -0.05) is 0 Å². The number of hydrogen-bond donors (Lipinski definition) is 0. The second-order valence-corrected chi connectivity index (χ2v) is 3.02. The van der Waals surface area contributed by atoms with Gasteiger partial charge in [0.15, 0.2) is 5.78 Å². The molecular formula is C7H4ClNOS. The quantitative estimate of drug-likeness (QED) is 0.523. The maximum atomic E-state index is 11.0. The molecule has 0 bridgehead atoms. The van der Waals surface area contributed by atoms with Crippen LogP contribution in [-0.2, 0) is 0 Å². The summed E-state index contributed by atoms with van der Waals surface area (Å²) in [7, 11) is 0. The summed E-state index contributed by atoms with van der Waals surface area (Å²) in [5.41, 5.74) is 0.417. The number of Topliss-reactive ketones (excluding diaryl/α,β-unsaturated/α-hetero) is 1. The molecular weight excluding hydrogens is 182 g/mol. The third-order valence-electron chi connectivity index (χ3n) is 1.16. The van der Waals surface area contributed by atoms with Gasteiger partial charge < -0.3 is 0 Å². The van der Waals surface area contributed by atoms with Crippen LogP contribution in [-0.4, -0.2) is 11.7 Å². The number of ketones is 1. The van der Waals surface area contributed by atoms with Crippen molar-refractivity contribution in [2.24, 2.45) is 0 Å². The highest BCUT2D eigenvalue weighted by molar-refractivity contribution is 7.12. The SMILES string of the molecule is N#Cc1ccsc1C(=O)CCl. The molecule has 0 aliphatic heterocycles. The Morgan fingerprint density at radius 1 is 1.82 bits per heavy atom. The first-order chi connectivity index (χ1) is 5.29. The Balaban J connectivity index is 3.05. The lowest BCUT2D eigenvalue weighted by molar-refractivity contribution is 0.102. The lowest BCUT2D eigenvalue weighted by atomic mass is 10.2. The molecule has 1 heterocycles. The lowest BCUT2D eigenvalue weighted by Gasteiger charge is -1.89. The second-order valence-electron chi connectivity index (χ2n) is 1.83. The summed E-state index contributed by atoms with van der Waals surface area (Å²) in [6.07, 6.45) is 0. The Labute approximate surface area is 73.0 Å². The maximum Gasteiger partial charge on any atom is 0.188 e. The predicted molar refractivity (Wildman–Crippen MR) is 44.1 cm³/mol. The number of alkyl halides is 1. The first-order valence-corrected chi connectivity index (χ1v) is 4.27. The fourth-order valence-electron chi connectivity index (χ4n) is 0.674. The van der Waals surface area contributed by atoms with Crippen molar-refractivity contribution in [1.29, 1.82) is 5.26 Å². The smallest absolute Gasteiger partial charge is 0.188 e. The summed E-state index contributed by atoms with van der Waals surface area (Å²) in [5.74, 6) is -0.243. The third-order valence-corrected chi connectivity index (χ3v) is 2.36. The molecule has 0 saturated carbocycles. The zero-order chi connectivity index (χ0) is 8.27. The minimum absolute atomic E-state index is 0.0603. The molecule has 0 amide bonds. The summed E-state index contributed by atoms with van der Waals surface area (Å²) in [5, 5.41) is 10.2. The third kappa shape index (κ3) is 1.59. The minimum atomic E-state index is -0.182. The van der Waals surface area contributed by atoms with Crippen LogP contribution in [0.25, 0.3) is 0 Å². The van der Waals surface area contributed by atoms with Crippen LogP contribution in [0.5, 0.6) is 0 Å². The van der Waals surface area contributed by atoms with E-state index in [-0.39, 0.29) is 11.7 Å². The largest absolute Gasteiger partial charge is 0.292 e. The standard InChI is InChI=1S/C7H4ClNOS/c8-3-6(10)7-5(4-9)1-2-11-7/h1-2H,3H2. The van der Waals surface area contributed by atoms with Crippen molar-refractivity contribution in [2.45, 2.75) is 0 Å². The van der Waals surface area contributed by atoms with E-state index in [0.29, 0.717) is 10.4 Å². The van der Waals surface area contributed by atoms with Crippen molar-refractivity contribution in [2.75, 3.05) is 5.88 Å². The van der Waals surface area contributed by atoms with Gasteiger partial charge in [0, 0.05) is 0 Å². The number of halogens is 1. The van der Waals surface area contributed by atoms with Gasteiger partial charge in [-0.05, 0) is 11.4 Å². The van der Waals surface area contributed by atoms with Gasteiger partial charge in [-0.3, -0.25) is 4.79 Å². The molecule has 0 saturated heterocycles. The van der Waals surface area contributed by atoms with E-state index in [1.165, 1.54) is 11.3 Å². The van der Waals surface area contributed by atoms with Crippen molar-refractivity contribution in [3.05, 3.63) is 21.9 Å². The van der Waals surface area contributed by atoms with Crippen molar-refractivity contribution in [3.63, 3.8) is 0 Å². The molecule has 0 unspecified atom stereocenters. The molecule has 1 aromatic rings. The van der Waals surface area contributed by atoms with E-state index in [0.717, 1.165) is 0 Å². The Kier molecular flexibility index (Phi) is 2.64. The minimum Gasteiger partial charge on any atom is -0.292 e. The fraction of sp³-hybridized carbons (Fsp3) is 0.143. The number of nitriles is 1. The molecule has 1 rings (SSSR count). The van der Waals surface area contributed by atoms with Gasteiger partial charge in [-0.25, -0.2) is 0 Å². The van der Waals surface area contributed by atoms with Gasteiger partial charge in [0.05, 0.1) is 16.3 Å². The molecule has 11 heavy (non-hydrogen) atoms. The molecule has 0 spiro atoms. The summed E-state index contributed by atoms with van der Waals surface area (Å²) >= 11 is 6.57. The Hall–Kier alpha value is -0.850. The van der Waals surface area contributed by atoms with Crippen molar-refractivity contribution in [1.82, 2.24) is 0 Å². The van der Waals surface area contributed by atoms with E-state index in [9.17, 15) is 4.79 Å². The van der Waals surface area contributed by atoms with Crippen molar-refractivity contribution in [3.8, 4) is 6.07 Å². The summed E-state index contributed by atoms with van der Waals surface area (Å²) in [4.78, 5) is 11.4. The van der Waals surface area contributed by atoms with Crippen LogP contribution >= 0.6 is 22.9 Å². The second kappa shape index (κ2) is 3.51. The van der Waals surface area contributed by atoms with E-state index in [1.807, 2.05) is 6.07 Å². The molecule has 1 aromatic heterocycles. The van der Waals surface area contributed by atoms with E-state index in [1.54, 1.807) is 11.4 Å². The van der Waals surface area contributed by atoms with Crippen molar-refractivity contribution < 1.29 is 4.79 Å². The van der Waals surface area contributed by atoms with Gasteiger partial charge in [0.25, 0.3) is 0 Å². The molecule has 56 valence electrons. The first-order valence-electron chi connectivity index (χ1n) is 2.86. The molecule has 0 aromatic carbocycles. The van der Waals surface area contributed by atoms with E-state index in [2.05, 4.69) is 0 Å². The van der Waals surface area contributed by atoms with Crippen LogP contribution in [0, 0.1) is 11.3 Å². The van der Waals surface area contributed by atoms with Crippen LogP contribution < -0.4 is 0 Å². The Morgan fingerprint density at radius 2 is 2.55 bits per heavy atom. The summed E-state index contributed by atoms with van der Waals surface area (Å²) in [6.45, 7) is 0. The van der Waals surface area contributed by atoms with Gasteiger partial charge >= 0.3 is 0 Å². The highest BCUT2D eigenvalue weighted by Gasteiger charge is 2.10. The summed E-state index contributed by atoms with van der Waals surface area (Å²) in [6, 6.07) is 3.54. The number of hydrogen-bond acceptors (Lipinski definition) is 3. The first kappa shape index (κ1) is 8.25. The molecule has 2 nitrogen and oxygen atoms in total. The lowest BCUT2D eigenvalue weighted by Crippen LogP contribution is -1.98. The maximum absolute atomic E-state index is 11.0. The normalized spacial score (nSPS) is 9.09. The van der Waals surface area contributed by atoms with Crippen LogP contribution in [0.15, 0.2) is 11.4 Å². The average molecular weight is 186 g/mol. The van der Waals surface area contributed by atoms with E-state index >= 15 is 0 Å². The molecule has 0 radical (unpaired) electrons. The molecule has 0 aliphatic carbocycles. The van der Waals surface area contributed by atoms with Crippen LogP contribution in [0.1, 0.15) is 15.2 Å². The van der Waals surface area contributed by atoms with E-state index < -0.39 is 0 Å². The number of carbonyl (C=O) groups excluding carboxylic acids is 1. The van der Waals surface area contributed by atoms with Crippen molar-refractivity contribution >= 4 is 28.7 Å². The Morgan fingerprint density at radius 3 is 3.09 bits per heavy atom. The topological polar surface area (TPSA) is 40.9 Å². The van der Waals surface area contributed by atoms with E-state index in [4.69, 9.17) is 16.9 Å². The fourth-order valence-corrected chi connectivity index (χ4v) is 1.67. The van der Waals surface area contributed by atoms with Gasteiger partial charge in [0.1, 0.15) is 6.07 Å². The molecule has 0 atom stereocenters. The zero-order valence-electron chi connectivity index (χ0n) is 5.50. The molecule has 4 heteroatoms. The van der Waals surface area contributed by atoms with Crippen LogP contribution in [0.2, 0.25) is 0 Å². The monoisotopic (exact) mass is 185 g/mol. The van der Waals surface area contributed by atoms with Gasteiger partial charge in [0.2, 0.25) is 0 Å². The number of rotatable bonds is 2. The highest BCUT2D eigenvalue weighted by Crippen LogP contribution is 2.16. The number of carbonyl (C=O) groups is 1. The molecule has 0 N–H and O–H groups in total. The molecule has 0 fully saturated rings. The Bertz CT molecular complexity index is 312. The average Bonchev–Trinajstić information content (AvgIpc) is 2.50. The van der Waals surface area contributed by atoms with Gasteiger partial charge in [-0.15, -0.1) is 22.9 Å². The van der Waals surface area contributed by atoms with Crippen LogP contribution in [0.4, 0.5) is 0 Å². The van der Waals surface area contributed by atoms with Crippen LogP contribution in [0.3, 0.4) is 0 Å². The predicted octanol–water partition coefficient (Wildman–Crippen LogP) is 2.04. The molecule has 0 aliphatic rings. The number of thiophene rings is 1. The highest BCUT2D eigenvalue weighted by atomic mass is 35.5. The van der Waals surface area contributed by atoms with Gasteiger partial charge in [-0.2, -0.15) is 5.26 Å². The number of nitrogens with zero attached hydrogens (tertiary/aromatic N) is 1. The summed E-state index contributed by atoms with van der Waals surface area (Å²) < 4.78 is 0.